The first kappa shape index (κ1) is 17.5. The maximum atomic E-state index is 9.12. The number of hydrogen-bond acceptors (Lipinski definition) is 2. The number of aliphatic hydroxyl groups excluding tert-OH is 1. The highest BCUT2D eigenvalue weighted by atomic mass is 16.3. The van der Waals surface area contributed by atoms with Gasteiger partial charge in [-0.05, 0) is 36.1 Å². The number of unbranched alkanes of at least 4 members (excludes halogenated alkanes) is 1. The third-order valence-electron chi connectivity index (χ3n) is 4.70. The molecular formula is C23H26O2. The minimum Gasteiger partial charge on any atom is -0.461 e. The van der Waals surface area contributed by atoms with Crippen molar-refractivity contribution in [1.29, 1.82) is 0 Å². The molecule has 1 heterocycles. The molecule has 0 amide bonds. The van der Waals surface area contributed by atoms with Crippen LogP contribution in [0.4, 0.5) is 0 Å². The van der Waals surface area contributed by atoms with Crippen LogP contribution in [0.1, 0.15) is 49.1 Å². The molecule has 1 N–H and O–H groups in total. The van der Waals surface area contributed by atoms with Gasteiger partial charge >= 0.3 is 0 Å². The second-order valence-electron chi connectivity index (χ2n) is 6.55. The minimum absolute atomic E-state index is 0.0730. The summed E-state index contributed by atoms with van der Waals surface area (Å²) in [6, 6.07) is 16.9. The lowest BCUT2D eigenvalue weighted by Crippen LogP contribution is -1.94. The van der Waals surface area contributed by atoms with Gasteiger partial charge in [-0.3, -0.25) is 0 Å². The molecule has 0 radical (unpaired) electrons. The van der Waals surface area contributed by atoms with Gasteiger partial charge in [0.1, 0.15) is 11.3 Å². The van der Waals surface area contributed by atoms with Crippen molar-refractivity contribution in [3.63, 3.8) is 0 Å². The fourth-order valence-electron chi connectivity index (χ4n) is 3.27. The van der Waals surface area contributed by atoms with Gasteiger partial charge in [0.2, 0.25) is 0 Å². The normalized spacial score (nSPS) is 12.0. The van der Waals surface area contributed by atoms with E-state index in [2.05, 4.69) is 49.4 Å². The molecule has 3 aromatic rings. The van der Waals surface area contributed by atoms with Crippen molar-refractivity contribution in [2.24, 2.45) is 0 Å². The van der Waals surface area contributed by atoms with Gasteiger partial charge in [-0.25, -0.2) is 0 Å². The van der Waals surface area contributed by atoms with Crippen molar-refractivity contribution < 1.29 is 9.52 Å². The molecular weight excluding hydrogens is 308 g/mol. The number of hydrogen-bond donors (Lipinski definition) is 1. The van der Waals surface area contributed by atoms with Gasteiger partial charge < -0.3 is 9.52 Å². The van der Waals surface area contributed by atoms with E-state index in [0.717, 1.165) is 48.2 Å². The number of allylic oxidation sites excluding steroid dienone is 1. The van der Waals surface area contributed by atoms with Gasteiger partial charge in [0.05, 0.1) is 6.61 Å². The lowest BCUT2D eigenvalue weighted by Gasteiger charge is -2.07. The predicted octanol–water partition coefficient (Wildman–Crippen LogP) is 5.76. The average Bonchev–Trinajstić information content (AvgIpc) is 2.98. The minimum atomic E-state index is 0.0730. The van der Waals surface area contributed by atoms with Crippen molar-refractivity contribution in [3.8, 4) is 0 Å². The molecule has 0 saturated carbocycles. The summed E-state index contributed by atoms with van der Waals surface area (Å²) in [5, 5.41) is 10.3. The molecule has 0 unspecified atom stereocenters. The lowest BCUT2D eigenvalue weighted by atomic mass is 9.97. The van der Waals surface area contributed by atoms with Crippen molar-refractivity contribution in [1.82, 2.24) is 0 Å². The Morgan fingerprint density at radius 2 is 1.96 bits per heavy atom. The van der Waals surface area contributed by atoms with E-state index >= 15 is 0 Å². The van der Waals surface area contributed by atoms with Gasteiger partial charge in [0, 0.05) is 23.8 Å². The predicted molar refractivity (Wildman–Crippen MR) is 105 cm³/mol. The summed E-state index contributed by atoms with van der Waals surface area (Å²) in [7, 11) is 0. The molecule has 25 heavy (non-hydrogen) atoms. The molecule has 0 aliphatic rings. The van der Waals surface area contributed by atoms with Crippen LogP contribution in [0.15, 0.2) is 59.0 Å². The first-order chi connectivity index (χ1) is 12.2. The van der Waals surface area contributed by atoms with E-state index in [1.54, 1.807) is 0 Å². The summed E-state index contributed by atoms with van der Waals surface area (Å²) in [5.41, 5.74) is 5.83. The summed E-state index contributed by atoms with van der Waals surface area (Å²) in [5.74, 6) is 1.12. The van der Waals surface area contributed by atoms with Gasteiger partial charge in [0.25, 0.3) is 0 Å². The van der Waals surface area contributed by atoms with E-state index in [1.807, 2.05) is 19.1 Å². The number of aliphatic hydroxyl groups is 1. The van der Waals surface area contributed by atoms with E-state index in [0.29, 0.717) is 0 Å². The lowest BCUT2D eigenvalue weighted by molar-refractivity contribution is 0.343. The Bertz CT molecular complexity index is 871. The van der Waals surface area contributed by atoms with Crippen LogP contribution in [0, 0.1) is 0 Å². The number of rotatable bonds is 7. The average molecular weight is 334 g/mol. The highest BCUT2D eigenvalue weighted by Gasteiger charge is 2.14. The van der Waals surface area contributed by atoms with Crippen LogP contribution in [-0.4, -0.2) is 11.7 Å². The molecule has 3 rings (SSSR count). The van der Waals surface area contributed by atoms with Crippen LogP contribution in [0.3, 0.4) is 0 Å². The third kappa shape index (κ3) is 4.02. The zero-order chi connectivity index (χ0) is 17.6. The largest absolute Gasteiger partial charge is 0.461 e. The molecule has 0 aliphatic heterocycles. The van der Waals surface area contributed by atoms with Crippen LogP contribution >= 0.6 is 0 Å². The van der Waals surface area contributed by atoms with Crippen molar-refractivity contribution in [3.05, 3.63) is 77.1 Å². The Kier molecular flexibility index (Phi) is 5.72. The molecule has 2 nitrogen and oxygen atoms in total. The number of para-hydroxylation sites is 1. The number of aryl methyl sites for hydroxylation is 1. The molecule has 0 bridgehead atoms. The van der Waals surface area contributed by atoms with Gasteiger partial charge in [-0.2, -0.15) is 0 Å². The Hall–Kier alpha value is -2.32. The summed E-state index contributed by atoms with van der Waals surface area (Å²) < 4.78 is 6.15. The highest BCUT2D eigenvalue weighted by Crippen LogP contribution is 2.30. The fraction of sp³-hybridized carbons (Fsp3) is 0.304. The Balaban J connectivity index is 1.97. The number of furan rings is 1. The van der Waals surface area contributed by atoms with Crippen LogP contribution < -0.4 is 0 Å². The van der Waals surface area contributed by atoms with Crippen LogP contribution in [0.5, 0.6) is 0 Å². The first-order valence-electron chi connectivity index (χ1n) is 9.09. The maximum absolute atomic E-state index is 9.12. The van der Waals surface area contributed by atoms with Gasteiger partial charge in [0.15, 0.2) is 0 Å². The summed E-state index contributed by atoms with van der Waals surface area (Å²) in [6.45, 7) is 4.32. The standard InChI is InChI=1S/C23H26O2/c1-3-4-11-23-21(20-10-5-6-12-22(20)25-23)16-18-8-7-9-19(15-18)17(2)13-14-24/h5-10,12-13,15,24H,3-4,11,14,16H2,1-2H3/b17-13+. The Labute approximate surface area is 149 Å². The zero-order valence-electron chi connectivity index (χ0n) is 15.1. The van der Waals surface area contributed by atoms with E-state index in [9.17, 15) is 0 Å². The molecule has 0 saturated heterocycles. The Morgan fingerprint density at radius 1 is 1.12 bits per heavy atom. The van der Waals surface area contributed by atoms with Crippen molar-refractivity contribution in [2.75, 3.05) is 6.61 Å². The van der Waals surface area contributed by atoms with Crippen LogP contribution in [-0.2, 0) is 12.8 Å². The SMILES string of the molecule is CCCCc1oc2ccccc2c1Cc1cccc(/C(C)=C/CO)c1. The van der Waals surface area contributed by atoms with Crippen molar-refractivity contribution >= 4 is 16.5 Å². The first-order valence-corrected chi connectivity index (χ1v) is 9.09. The molecule has 2 aromatic carbocycles. The Morgan fingerprint density at radius 3 is 2.76 bits per heavy atom. The summed E-state index contributed by atoms with van der Waals surface area (Å²) in [4.78, 5) is 0. The summed E-state index contributed by atoms with van der Waals surface area (Å²) in [6.07, 6.45) is 6.02. The van der Waals surface area contributed by atoms with Gasteiger partial charge in [-0.15, -0.1) is 0 Å². The quantitative estimate of drug-likeness (QED) is 0.596. The van der Waals surface area contributed by atoms with E-state index in [1.165, 1.54) is 16.5 Å². The molecule has 130 valence electrons. The van der Waals surface area contributed by atoms with E-state index in [-0.39, 0.29) is 6.61 Å². The molecule has 0 atom stereocenters. The van der Waals surface area contributed by atoms with Crippen LogP contribution in [0.2, 0.25) is 0 Å². The zero-order valence-corrected chi connectivity index (χ0v) is 15.1. The van der Waals surface area contributed by atoms with Gasteiger partial charge in [-0.1, -0.05) is 61.9 Å². The van der Waals surface area contributed by atoms with Crippen LogP contribution in [0.25, 0.3) is 16.5 Å². The molecule has 1 aromatic heterocycles. The topological polar surface area (TPSA) is 33.4 Å². The number of benzene rings is 2. The summed E-state index contributed by atoms with van der Waals surface area (Å²) >= 11 is 0. The highest BCUT2D eigenvalue weighted by molar-refractivity contribution is 5.82. The third-order valence-corrected chi connectivity index (χ3v) is 4.70. The number of fused-ring (bicyclic) bond motifs is 1. The van der Waals surface area contributed by atoms with Crippen molar-refractivity contribution in [2.45, 2.75) is 39.5 Å². The van der Waals surface area contributed by atoms with E-state index in [4.69, 9.17) is 9.52 Å². The molecule has 0 aliphatic carbocycles. The smallest absolute Gasteiger partial charge is 0.134 e. The second-order valence-corrected chi connectivity index (χ2v) is 6.55. The monoisotopic (exact) mass is 334 g/mol. The van der Waals surface area contributed by atoms with E-state index < -0.39 is 0 Å². The second kappa shape index (κ2) is 8.17. The maximum Gasteiger partial charge on any atom is 0.134 e. The molecule has 0 spiro atoms. The fourth-order valence-corrected chi connectivity index (χ4v) is 3.27. The molecule has 2 heteroatoms. The molecule has 0 fully saturated rings.